The van der Waals surface area contributed by atoms with E-state index in [1.807, 2.05) is 0 Å². The molecule has 100 valence electrons. The Morgan fingerprint density at radius 3 is 1.71 bits per heavy atom. The van der Waals surface area contributed by atoms with Crippen LogP contribution in [0.3, 0.4) is 0 Å². The Bertz CT molecular complexity index is 225. The highest BCUT2D eigenvalue weighted by Crippen LogP contribution is 2.17. The van der Waals surface area contributed by atoms with Gasteiger partial charge in [0.15, 0.2) is 0 Å². The molecule has 4 nitrogen and oxygen atoms in total. The summed E-state index contributed by atoms with van der Waals surface area (Å²) >= 11 is 0. The van der Waals surface area contributed by atoms with E-state index < -0.39 is 11.9 Å². The molecule has 17 heavy (non-hydrogen) atoms. The highest BCUT2D eigenvalue weighted by Gasteiger charge is 2.04. The first-order chi connectivity index (χ1) is 8.02. The molecular weight excluding hydrogens is 220 g/mol. The molecule has 0 radical (unpaired) electrons. The van der Waals surface area contributed by atoms with Crippen LogP contribution >= 0.6 is 0 Å². The standard InChI is InChI=1S/C13H24O4/c1-11(8-5-6-10-13(16)17)7-3-2-4-9-12(14)15/h11H,2-10H2,1H3,(H,14,15)(H,16,17). The monoisotopic (exact) mass is 244 g/mol. The maximum Gasteiger partial charge on any atom is 0.303 e. The molecule has 0 aliphatic carbocycles. The molecule has 1 unspecified atom stereocenters. The van der Waals surface area contributed by atoms with Crippen LogP contribution in [0.2, 0.25) is 0 Å². The zero-order valence-electron chi connectivity index (χ0n) is 10.7. The predicted molar refractivity (Wildman–Crippen MR) is 66.0 cm³/mol. The van der Waals surface area contributed by atoms with Crippen LogP contribution in [-0.2, 0) is 9.59 Å². The maximum absolute atomic E-state index is 10.3. The first kappa shape index (κ1) is 15.9. The fourth-order valence-electron chi connectivity index (χ4n) is 1.86. The summed E-state index contributed by atoms with van der Waals surface area (Å²) in [6.45, 7) is 2.18. The molecule has 0 aromatic heterocycles. The van der Waals surface area contributed by atoms with Crippen LogP contribution in [0.15, 0.2) is 0 Å². The van der Waals surface area contributed by atoms with Crippen LogP contribution in [0.4, 0.5) is 0 Å². The van der Waals surface area contributed by atoms with E-state index in [-0.39, 0.29) is 12.8 Å². The largest absolute Gasteiger partial charge is 0.481 e. The van der Waals surface area contributed by atoms with Gasteiger partial charge >= 0.3 is 11.9 Å². The highest BCUT2D eigenvalue weighted by molar-refractivity contribution is 5.66. The van der Waals surface area contributed by atoms with Crippen molar-refractivity contribution in [3.63, 3.8) is 0 Å². The number of carbonyl (C=O) groups is 2. The first-order valence-corrected chi connectivity index (χ1v) is 6.46. The number of carboxylic acids is 2. The molecule has 0 aromatic carbocycles. The van der Waals surface area contributed by atoms with Crippen LogP contribution in [0.5, 0.6) is 0 Å². The van der Waals surface area contributed by atoms with Crippen LogP contribution in [0.25, 0.3) is 0 Å². The van der Waals surface area contributed by atoms with Gasteiger partial charge in [0.25, 0.3) is 0 Å². The van der Waals surface area contributed by atoms with E-state index in [0.717, 1.165) is 44.9 Å². The summed E-state index contributed by atoms with van der Waals surface area (Å²) in [5, 5.41) is 16.9. The number of unbranched alkanes of at least 4 members (excludes halogenated alkanes) is 3. The van der Waals surface area contributed by atoms with E-state index in [0.29, 0.717) is 5.92 Å². The van der Waals surface area contributed by atoms with Gasteiger partial charge in [-0.25, -0.2) is 0 Å². The maximum atomic E-state index is 10.3. The Morgan fingerprint density at radius 2 is 1.24 bits per heavy atom. The molecule has 1 atom stereocenters. The number of aliphatic carboxylic acids is 2. The van der Waals surface area contributed by atoms with Crippen molar-refractivity contribution < 1.29 is 19.8 Å². The van der Waals surface area contributed by atoms with Gasteiger partial charge in [-0.15, -0.1) is 0 Å². The van der Waals surface area contributed by atoms with Crippen molar-refractivity contribution in [2.75, 3.05) is 0 Å². The topological polar surface area (TPSA) is 74.6 Å². The second-order valence-corrected chi connectivity index (χ2v) is 4.74. The second-order valence-electron chi connectivity index (χ2n) is 4.74. The third-order valence-corrected chi connectivity index (χ3v) is 2.93. The van der Waals surface area contributed by atoms with E-state index in [1.54, 1.807) is 0 Å². The van der Waals surface area contributed by atoms with Crippen LogP contribution in [0.1, 0.15) is 64.7 Å². The summed E-state index contributed by atoms with van der Waals surface area (Å²) < 4.78 is 0. The normalized spacial score (nSPS) is 12.3. The van der Waals surface area contributed by atoms with Gasteiger partial charge in [-0.3, -0.25) is 9.59 Å². The zero-order valence-corrected chi connectivity index (χ0v) is 10.7. The third-order valence-electron chi connectivity index (χ3n) is 2.93. The first-order valence-electron chi connectivity index (χ1n) is 6.46. The van der Waals surface area contributed by atoms with Crippen molar-refractivity contribution in [2.45, 2.75) is 64.7 Å². The van der Waals surface area contributed by atoms with E-state index in [2.05, 4.69) is 6.92 Å². The van der Waals surface area contributed by atoms with Crippen molar-refractivity contribution in [3.05, 3.63) is 0 Å². The SMILES string of the molecule is CC(CCCCCC(=O)O)CCCCC(=O)O. The molecule has 0 spiro atoms. The Labute approximate surface area is 103 Å². The number of hydrogen-bond donors (Lipinski definition) is 2. The summed E-state index contributed by atoms with van der Waals surface area (Å²) in [4.78, 5) is 20.6. The fraction of sp³-hybridized carbons (Fsp3) is 0.846. The van der Waals surface area contributed by atoms with Gasteiger partial charge in [-0.05, 0) is 18.8 Å². The van der Waals surface area contributed by atoms with Gasteiger partial charge in [0, 0.05) is 12.8 Å². The molecule has 0 saturated heterocycles. The van der Waals surface area contributed by atoms with Crippen LogP contribution in [0, 0.1) is 5.92 Å². The van der Waals surface area contributed by atoms with Crippen molar-refractivity contribution in [2.24, 2.45) is 5.92 Å². The van der Waals surface area contributed by atoms with E-state index in [4.69, 9.17) is 10.2 Å². The molecule has 0 fully saturated rings. The van der Waals surface area contributed by atoms with Gasteiger partial charge in [0.1, 0.15) is 0 Å². The Hall–Kier alpha value is -1.06. The van der Waals surface area contributed by atoms with Crippen LogP contribution < -0.4 is 0 Å². The summed E-state index contributed by atoms with van der Waals surface area (Å²) in [5.74, 6) is -0.813. The molecule has 2 N–H and O–H groups in total. The van der Waals surface area contributed by atoms with E-state index >= 15 is 0 Å². The summed E-state index contributed by atoms with van der Waals surface area (Å²) in [7, 11) is 0. The minimum atomic E-state index is -0.716. The average molecular weight is 244 g/mol. The summed E-state index contributed by atoms with van der Waals surface area (Å²) in [6, 6.07) is 0. The number of hydrogen-bond acceptors (Lipinski definition) is 2. The minimum Gasteiger partial charge on any atom is -0.481 e. The number of carboxylic acid groups (broad SMARTS) is 2. The second kappa shape index (κ2) is 10.1. The molecule has 0 aromatic rings. The lowest BCUT2D eigenvalue weighted by Crippen LogP contribution is -1.98. The summed E-state index contributed by atoms with van der Waals surface area (Å²) in [5.41, 5.74) is 0. The van der Waals surface area contributed by atoms with Gasteiger partial charge in [0.2, 0.25) is 0 Å². The minimum absolute atomic E-state index is 0.269. The van der Waals surface area contributed by atoms with Crippen molar-refractivity contribution >= 4 is 11.9 Å². The van der Waals surface area contributed by atoms with Crippen molar-refractivity contribution in [3.8, 4) is 0 Å². The van der Waals surface area contributed by atoms with Crippen LogP contribution in [-0.4, -0.2) is 22.2 Å². The van der Waals surface area contributed by atoms with Gasteiger partial charge in [0.05, 0.1) is 0 Å². The summed E-state index contributed by atoms with van der Waals surface area (Å²) in [6.07, 6.45) is 7.29. The lowest BCUT2D eigenvalue weighted by molar-refractivity contribution is -0.138. The molecule has 0 bridgehead atoms. The van der Waals surface area contributed by atoms with Crippen molar-refractivity contribution in [1.82, 2.24) is 0 Å². The third kappa shape index (κ3) is 12.9. The van der Waals surface area contributed by atoms with Gasteiger partial charge in [-0.2, -0.15) is 0 Å². The van der Waals surface area contributed by atoms with E-state index in [1.165, 1.54) is 0 Å². The van der Waals surface area contributed by atoms with Gasteiger partial charge in [-0.1, -0.05) is 39.0 Å². The molecular formula is C13H24O4. The molecule has 0 rings (SSSR count). The Morgan fingerprint density at radius 1 is 0.824 bits per heavy atom. The lowest BCUT2D eigenvalue weighted by atomic mass is 9.96. The lowest BCUT2D eigenvalue weighted by Gasteiger charge is -2.10. The molecule has 0 aliphatic rings. The van der Waals surface area contributed by atoms with E-state index in [9.17, 15) is 9.59 Å². The Balaban J connectivity index is 3.25. The Kier molecular flexibility index (Phi) is 9.49. The smallest absolute Gasteiger partial charge is 0.303 e. The quantitative estimate of drug-likeness (QED) is 0.547. The van der Waals surface area contributed by atoms with Crippen molar-refractivity contribution in [1.29, 1.82) is 0 Å². The highest BCUT2D eigenvalue weighted by atomic mass is 16.4. The molecule has 0 heterocycles. The number of rotatable bonds is 11. The average Bonchev–Trinajstić information content (AvgIpc) is 2.23. The molecule has 0 amide bonds. The molecule has 0 aliphatic heterocycles. The molecule has 4 heteroatoms. The molecule has 0 saturated carbocycles. The van der Waals surface area contributed by atoms with Gasteiger partial charge < -0.3 is 10.2 Å². The zero-order chi connectivity index (χ0) is 13.1. The fourth-order valence-corrected chi connectivity index (χ4v) is 1.86. The predicted octanol–water partition coefficient (Wildman–Crippen LogP) is 3.30.